The first-order valence-electron chi connectivity index (χ1n) is 9.90. The number of pyridine rings is 1. The van der Waals surface area contributed by atoms with Crippen molar-refractivity contribution in [2.75, 3.05) is 0 Å². The quantitative estimate of drug-likeness (QED) is 0.286. The van der Waals surface area contributed by atoms with Gasteiger partial charge in [-0.2, -0.15) is 0 Å². The first-order valence-corrected chi connectivity index (χ1v) is 9.78. The molecular weight excluding hydrogens is 334 g/mol. The Balaban J connectivity index is 2.09. The molecule has 0 spiro atoms. The van der Waals surface area contributed by atoms with Gasteiger partial charge >= 0.3 is 0 Å². The fraction of sp³-hybridized carbons (Fsp3) is 0.208. The van der Waals surface area contributed by atoms with Crippen LogP contribution in [0, 0.1) is 5.41 Å². The minimum atomic E-state index is -1.49. The van der Waals surface area contributed by atoms with Crippen molar-refractivity contribution in [3.8, 4) is 0 Å². The molecule has 128 valence electrons. The van der Waals surface area contributed by atoms with Crippen LogP contribution in [0.1, 0.15) is 29.1 Å². The third-order valence-electron chi connectivity index (χ3n) is 4.79. The van der Waals surface area contributed by atoms with Crippen molar-refractivity contribution in [1.29, 1.82) is 0 Å². The topological polar surface area (TPSA) is 12.9 Å². The molecule has 0 saturated carbocycles. The molecule has 0 aliphatic carbocycles. The van der Waals surface area contributed by atoms with E-state index in [1.807, 2.05) is 32.9 Å². The monoisotopic (exact) mass is 357 g/mol. The Kier molecular flexibility index (Phi) is 2.91. The zero-order chi connectivity index (χ0) is 19.7. The third kappa shape index (κ3) is 2.40. The van der Waals surface area contributed by atoms with Gasteiger partial charge in [-0.15, -0.1) is 11.3 Å². The highest BCUT2D eigenvalue weighted by atomic mass is 32.1. The standard InChI is InChI=1S/C24H21NS/c1-24(2,3)14-16-8-10-25-23-18-7-5-4-6-17(18)19-12-15-9-11-26-21(15)13-20(19)22(16)23/h4-13H,14H2,1-3H3/i14D2. The summed E-state index contributed by atoms with van der Waals surface area (Å²) in [6.45, 7) is 5.87. The van der Waals surface area contributed by atoms with Gasteiger partial charge < -0.3 is 0 Å². The van der Waals surface area contributed by atoms with Crippen LogP contribution in [-0.2, 0) is 6.37 Å². The van der Waals surface area contributed by atoms with Crippen LogP contribution < -0.4 is 0 Å². The minimum absolute atomic E-state index is 0.535. The Labute approximate surface area is 160 Å². The van der Waals surface area contributed by atoms with E-state index in [1.165, 1.54) is 15.5 Å². The van der Waals surface area contributed by atoms with Crippen molar-refractivity contribution in [1.82, 2.24) is 4.98 Å². The molecule has 2 heteroatoms. The third-order valence-corrected chi connectivity index (χ3v) is 5.67. The molecule has 5 aromatic rings. The van der Waals surface area contributed by atoms with E-state index in [-0.39, 0.29) is 0 Å². The average Bonchev–Trinajstić information content (AvgIpc) is 3.13. The second kappa shape index (κ2) is 5.52. The van der Waals surface area contributed by atoms with E-state index in [4.69, 9.17) is 7.73 Å². The van der Waals surface area contributed by atoms with E-state index in [2.05, 4.69) is 41.8 Å². The van der Waals surface area contributed by atoms with Crippen LogP contribution in [-0.4, -0.2) is 4.98 Å². The number of nitrogens with zero attached hydrogens (tertiary/aromatic N) is 1. The van der Waals surface area contributed by atoms with Gasteiger partial charge in [0.2, 0.25) is 0 Å². The van der Waals surface area contributed by atoms with E-state index < -0.39 is 11.8 Å². The van der Waals surface area contributed by atoms with Gasteiger partial charge in [0.05, 0.1) is 5.52 Å². The van der Waals surface area contributed by atoms with Crippen molar-refractivity contribution in [2.24, 2.45) is 5.41 Å². The summed E-state index contributed by atoms with van der Waals surface area (Å²) in [6.07, 6.45) is 0.261. The second-order valence-corrected chi connectivity index (χ2v) is 8.81. The molecule has 0 radical (unpaired) electrons. The Morgan fingerprint density at radius 2 is 1.77 bits per heavy atom. The summed E-state index contributed by atoms with van der Waals surface area (Å²) in [4.78, 5) is 4.72. The molecule has 0 atom stereocenters. The molecule has 5 rings (SSSR count). The zero-order valence-corrected chi connectivity index (χ0v) is 15.9. The maximum Gasteiger partial charge on any atom is 0.0789 e. The fourth-order valence-corrected chi connectivity index (χ4v) is 4.62. The van der Waals surface area contributed by atoms with Crippen molar-refractivity contribution < 1.29 is 2.74 Å². The van der Waals surface area contributed by atoms with E-state index in [1.54, 1.807) is 17.5 Å². The lowest BCUT2D eigenvalue weighted by Gasteiger charge is -2.20. The van der Waals surface area contributed by atoms with Crippen molar-refractivity contribution >= 4 is 53.9 Å². The molecule has 0 amide bonds. The van der Waals surface area contributed by atoms with Gasteiger partial charge in [0, 0.05) is 24.4 Å². The molecule has 0 saturated heterocycles. The number of hydrogen-bond acceptors (Lipinski definition) is 2. The maximum absolute atomic E-state index is 8.96. The van der Waals surface area contributed by atoms with Crippen molar-refractivity contribution in [2.45, 2.75) is 27.1 Å². The van der Waals surface area contributed by atoms with Crippen LogP contribution in [0.25, 0.3) is 42.5 Å². The predicted molar refractivity (Wildman–Crippen MR) is 115 cm³/mol. The highest BCUT2D eigenvalue weighted by Crippen LogP contribution is 2.39. The van der Waals surface area contributed by atoms with Gasteiger partial charge in [-0.3, -0.25) is 4.98 Å². The highest BCUT2D eigenvalue weighted by Gasteiger charge is 2.18. The number of aromatic nitrogens is 1. The van der Waals surface area contributed by atoms with Gasteiger partial charge in [-0.1, -0.05) is 45.0 Å². The van der Waals surface area contributed by atoms with Crippen LogP contribution in [0.3, 0.4) is 0 Å². The van der Waals surface area contributed by atoms with Crippen LogP contribution >= 0.6 is 11.3 Å². The summed E-state index contributed by atoms with van der Waals surface area (Å²) in [5.41, 5.74) is 1.06. The van der Waals surface area contributed by atoms with Crippen LogP contribution in [0.15, 0.2) is 60.1 Å². The molecule has 0 fully saturated rings. The normalized spacial score (nSPS) is 14.3. The molecule has 1 nitrogen and oxygen atoms in total. The number of hydrogen-bond donors (Lipinski definition) is 0. The molecule has 0 bridgehead atoms. The fourth-order valence-electron chi connectivity index (χ4n) is 3.81. The summed E-state index contributed by atoms with van der Waals surface area (Å²) in [7, 11) is 0. The summed E-state index contributed by atoms with van der Waals surface area (Å²) in [5, 5.41) is 8.76. The number of fused-ring (bicyclic) bond motifs is 7. The lowest BCUT2D eigenvalue weighted by atomic mass is 9.85. The molecular formula is C24H21NS. The second-order valence-electron chi connectivity index (χ2n) is 7.86. The highest BCUT2D eigenvalue weighted by molar-refractivity contribution is 7.17. The van der Waals surface area contributed by atoms with Gasteiger partial charge in [-0.05, 0) is 68.5 Å². The van der Waals surface area contributed by atoms with E-state index in [9.17, 15) is 0 Å². The summed E-state index contributed by atoms with van der Waals surface area (Å²) in [5.74, 6) is 0. The van der Waals surface area contributed by atoms with Crippen molar-refractivity contribution in [3.05, 3.63) is 65.7 Å². The van der Waals surface area contributed by atoms with E-state index >= 15 is 0 Å². The lowest BCUT2D eigenvalue weighted by Crippen LogP contribution is -2.09. The summed E-state index contributed by atoms with van der Waals surface area (Å²) >= 11 is 1.72. The van der Waals surface area contributed by atoms with E-state index in [0.717, 1.165) is 32.6 Å². The summed E-state index contributed by atoms with van der Waals surface area (Å²) < 4.78 is 19.1. The number of rotatable bonds is 1. The Bertz CT molecular complexity index is 1380. The number of benzene rings is 3. The first kappa shape index (κ1) is 13.7. The molecule has 0 aliphatic rings. The van der Waals surface area contributed by atoms with Crippen LogP contribution in [0.5, 0.6) is 0 Å². The first-order chi connectivity index (χ1) is 13.3. The average molecular weight is 358 g/mol. The molecule has 2 aromatic heterocycles. The molecule has 2 heterocycles. The predicted octanol–water partition coefficient (Wildman–Crippen LogP) is 7.34. The van der Waals surface area contributed by atoms with Gasteiger partial charge in [0.15, 0.2) is 0 Å². The largest absolute Gasteiger partial charge is 0.256 e. The van der Waals surface area contributed by atoms with E-state index in [0.29, 0.717) is 0 Å². The molecule has 0 aliphatic heterocycles. The number of thiophene rings is 1. The smallest absolute Gasteiger partial charge is 0.0789 e. The summed E-state index contributed by atoms with van der Waals surface area (Å²) in [6, 6.07) is 16.8. The van der Waals surface area contributed by atoms with Gasteiger partial charge in [0.25, 0.3) is 0 Å². The van der Waals surface area contributed by atoms with Gasteiger partial charge in [0.1, 0.15) is 0 Å². The molecule has 26 heavy (non-hydrogen) atoms. The SMILES string of the molecule is [2H]C([2H])(c1ccnc2c3ccccc3c3cc4ccsc4cc3c12)C(C)(C)C. The van der Waals surface area contributed by atoms with Crippen LogP contribution in [0.4, 0.5) is 0 Å². The molecule has 0 unspecified atom stereocenters. The maximum atomic E-state index is 8.96. The minimum Gasteiger partial charge on any atom is -0.256 e. The van der Waals surface area contributed by atoms with Crippen molar-refractivity contribution in [3.63, 3.8) is 0 Å². The Morgan fingerprint density at radius 1 is 0.962 bits per heavy atom. The molecule has 3 aromatic carbocycles. The van der Waals surface area contributed by atoms with Crippen LogP contribution in [0.2, 0.25) is 0 Å². The van der Waals surface area contributed by atoms with Gasteiger partial charge in [-0.25, -0.2) is 0 Å². The zero-order valence-electron chi connectivity index (χ0n) is 17.1. The lowest BCUT2D eigenvalue weighted by molar-refractivity contribution is 0.412. The Morgan fingerprint density at radius 3 is 2.58 bits per heavy atom. The molecule has 0 N–H and O–H groups in total. The Hall–Kier alpha value is -2.45.